The van der Waals surface area contributed by atoms with Crippen LogP contribution in [0.4, 0.5) is 11.6 Å². The Kier molecular flexibility index (Phi) is 3.50. The highest BCUT2D eigenvalue weighted by Gasteiger charge is 2.09. The van der Waals surface area contributed by atoms with Crippen LogP contribution in [0.25, 0.3) is 0 Å². The molecule has 90 valence electrons. The van der Waals surface area contributed by atoms with E-state index in [1.165, 1.54) is 18.0 Å². The summed E-state index contributed by atoms with van der Waals surface area (Å²) in [7, 11) is 0. The zero-order valence-electron chi connectivity index (χ0n) is 8.96. The van der Waals surface area contributed by atoms with Crippen molar-refractivity contribution in [3.63, 3.8) is 0 Å². The van der Waals surface area contributed by atoms with Gasteiger partial charge in [0.05, 0.1) is 11.2 Å². The molecule has 2 aromatic heterocycles. The molecule has 8 heteroatoms. The molecule has 2 aromatic rings. The second-order valence-electron chi connectivity index (χ2n) is 3.16. The van der Waals surface area contributed by atoms with Gasteiger partial charge in [-0.15, -0.1) is 0 Å². The Morgan fingerprint density at radius 1 is 1.28 bits per heavy atom. The molecule has 0 atom stereocenters. The van der Waals surface area contributed by atoms with Crippen LogP contribution in [0.15, 0.2) is 28.4 Å². The van der Waals surface area contributed by atoms with Gasteiger partial charge in [-0.2, -0.15) is 5.26 Å². The summed E-state index contributed by atoms with van der Waals surface area (Å²) in [6.45, 7) is 0. The SMILES string of the molecule is N#Cc1nc(Sc2ccnc(N)c2Cl)cnc1N. The summed E-state index contributed by atoms with van der Waals surface area (Å²) in [6.07, 6.45) is 3.01. The van der Waals surface area contributed by atoms with Crippen molar-refractivity contribution >= 4 is 35.0 Å². The zero-order valence-corrected chi connectivity index (χ0v) is 10.5. The van der Waals surface area contributed by atoms with Gasteiger partial charge in [-0.25, -0.2) is 15.0 Å². The van der Waals surface area contributed by atoms with Crippen molar-refractivity contribution in [3.8, 4) is 6.07 Å². The molecule has 0 amide bonds. The third-order valence-electron chi connectivity index (χ3n) is 1.98. The lowest BCUT2D eigenvalue weighted by atomic mass is 10.4. The first-order valence-corrected chi connectivity index (χ1v) is 5.91. The Morgan fingerprint density at radius 3 is 2.78 bits per heavy atom. The third-order valence-corrected chi connectivity index (χ3v) is 3.46. The van der Waals surface area contributed by atoms with E-state index in [1.807, 2.05) is 6.07 Å². The summed E-state index contributed by atoms with van der Waals surface area (Å²) in [5.74, 6) is 0.341. The van der Waals surface area contributed by atoms with E-state index in [0.29, 0.717) is 14.9 Å². The summed E-state index contributed by atoms with van der Waals surface area (Å²) < 4.78 is 0. The van der Waals surface area contributed by atoms with E-state index in [1.54, 1.807) is 12.3 Å². The fourth-order valence-corrected chi connectivity index (χ4v) is 2.16. The molecule has 18 heavy (non-hydrogen) atoms. The predicted molar refractivity (Wildman–Crippen MR) is 68.9 cm³/mol. The molecule has 0 bridgehead atoms. The number of aromatic nitrogens is 3. The Morgan fingerprint density at radius 2 is 2.06 bits per heavy atom. The number of nitrogens with two attached hydrogens (primary N) is 2. The molecule has 4 N–H and O–H groups in total. The van der Waals surface area contributed by atoms with Crippen molar-refractivity contribution in [3.05, 3.63) is 29.2 Å². The molecule has 2 rings (SSSR count). The maximum atomic E-state index is 8.81. The average molecular weight is 279 g/mol. The quantitative estimate of drug-likeness (QED) is 0.859. The first-order chi connectivity index (χ1) is 8.61. The Bertz CT molecular complexity index is 639. The Balaban J connectivity index is 2.35. The zero-order chi connectivity index (χ0) is 13.1. The van der Waals surface area contributed by atoms with Crippen LogP contribution in [0.3, 0.4) is 0 Å². The highest BCUT2D eigenvalue weighted by atomic mass is 35.5. The van der Waals surface area contributed by atoms with Crippen LogP contribution in [0.1, 0.15) is 5.69 Å². The highest BCUT2D eigenvalue weighted by molar-refractivity contribution is 7.99. The number of hydrogen-bond donors (Lipinski definition) is 2. The van der Waals surface area contributed by atoms with Crippen molar-refractivity contribution < 1.29 is 0 Å². The van der Waals surface area contributed by atoms with Crippen LogP contribution in [0.2, 0.25) is 5.02 Å². The number of anilines is 2. The molecule has 2 heterocycles. The van der Waals surface area contributed by atoms with Crippen LogP contribution >= 0.6 is 23.4 Å². The standard InChI is InChI=1S/C10H7ClN6S/c11-8-6(1-2-15-10(8)14)18-7-4-16-9(13)5(3-12)17-7/h1-2,4H,(H2,13,16)(H2,14,15). The molecule has 0 spiro atoms. The predicted octanol–water partition coefficient (Wildman–Crippen LogP) is 1.71. The van der Waals surface area contributed by atoms with E-state index in [0.717, 1.165) is 0 Å². The molecular formula is C10H7ClN6S. The summed E-state index contributed by atoms with van der Waals surface area (Å²) in [6, 6.07) is 3.57. The summed E-state index contributed by atoms with van der Waals surface area (Å²) in [4.78, 5) is 12.5. The Labute approximate surface area is 112 Å². The largest absolute Gasteiger partial charge is 0.382 e. The maximum Gasteiger partial charge on any atom is 0.183 e. The maximum absolute atomic E-state index is 8.81. The first-order valence-electron chi connectivity index (χ1n) is 4.72. The van der Waals surface area contributed by atoms with E-state index in [4.69, 9.17) is 28.3 Å². The van der Waals surface area contributed by atoms with Gasteiger partial charge in [0, 0.05) is 11.1 Å². The van der Waals surface area contributed by atoms with Crippen LogP contribution in [-0.2, 0) is 0 Å². The number of nitriles is 1. The lowest BCUT2D eigenvalue weighted by Gasteiger charge is -2.05. The molecule has 0 unspecified atom stereocenters. The molecule has 0 aliphatic rings. The number of hydrogen-bond acceptors (Lipinski definition) is 7. The summed E-state index contributed by atoms with van der Waals surface area (Å²) >= 11 is 7.24. The van der Waals surface area contributed by atoms with Gasteiger partial charge in [-0.3, -0.25) is 0 Å². The van der Waals surface area contributed by atoms with Gasteiger partial charge in [0.25, 0.3) is 0 Å². The van der Waals surface area contributed by atoms with Crippen molar-refractivity contribution in [1.29, 1.82) is 5.26 Å². The van der Waals surface area contributed by atoms with E-state index in [-0.39, 0.29) is 17.3 Å². The highest BCUT2D eigenvalue weighted by Crippen LogP contribution is 2.34. The molecule has 0 aliphatic carbocycles. The Hall–Kier alpha value is -2.04. The molecule has 0 radical (unpaired) electrons. The van der Waals surface area contributed by atoms with Gasteiger partial charge in [0.1, 0.15) is 16.9 Å². The molecule has 0 aromatic carbocycles. The number of pyridine rings is 1. The van der Waals surface area contributed by atoms with Gasteiger partial charge >= 0.3 is 0 Å². The smallest absolute Gasteiger partial charge is 0.183 e. The summed E-state index contributed by atoms with van der Waals surface area (Å²) in [5.41, 5.74) is 11.2. The van der Waals surface area contributed by atoms with Crippen LogP contribution in [-0.4, -0.2) is 15.0 Å². The molecule has 0 aliphatic heterocycles. The van der Waals surface area contributed by atoms with Crippen molar-refractivity contribution in [2.24, 2.45) is 0 Å². The minimum atomic E-state index is 0.0816. The van der Waals surface area contributed by atoms with Gasteiger partial charge < -0.3 is 11.5 Å². The lowest BCUT2D eigenvalue weighted by Crippen LogP contribution is -1.98. The average Bonchev–Trinajstić information content (AvgIpc) is 2.37. The van der Waals surface area contributed by atoms with E-state index in [2.05, 4.69) is 15.0 Å². The van der Waals surface area contributed by atoms with E-state index < -0.39 is 0 Å². The number of nitrogen functional groups attached to an aromatic ring is 2. The molecular weight excluding hydrogens is 272 g/mol. The minimum Gasteiger partial charge on any atom is -0.382 e. The molecule has 6 nitrogen and oxygen atoms in total. The summed E-state index contributed by atoms with van der Waals surface area (Å²) in [5, 5.41) is 9.66. The minimum absolute atomic E-state index is 0.0816. The van der Waals surface area contributed by atoms with Crippen LogP contribution < -0.4 is 11.5 Å². The fourth-order valence-electron chi connectivity index (χ4n) is 1.15. The third kappa shape index (κ3) is 2.45. The lowest BCUT2D eigenvalue weighted by molar-refractivity contribution is 1.04. The molecule has 0 fully saturated rings. The fraction of sp³-hybridized carbons (Fsp3) is 0. The normalized spacial score (nSPS) is 10.0. The first kappa shape index (κ1) is 12.4. The van der Waals surface area contributed by atoms with Crippen molar-refractivity contribution in [1.82, 2.24) is 15.0 Å². The second-order valence-corrected chi connectivity index (χ2v) is 4.60. The topological polar surface area (TPSA) is 114 Å². The monoisotopic (exact) mass is 278 g/mol. The van der Waals surface area contributed by atoms with Crippen molar-refractivity contribution in [2.45, 2.75) is 9.92 Å². The van der Waals surface area contributed by atoms with Crippen LogP contribution in [0.5, 0.6) is 0 Å². The van der Waals surface area contributed by atoms with Crippen LogP contribution in [0, 0.1) is 11.3 Å². The van der Waals surface area contributed by atoms with Gasteiger partial charge in [0.15, 0.2) is 11.5 Å². The molecule has 0 saturated heterocycles. The van der Waals surface area contributed by atoms with E-state index >= 15 is 0 Å². The van der Waals surface area contributed by atoms with Gasteiger partial charge in [-0.1, -0.05) is 23.4 Å². The number of halogens is 1. The van der Waals surface area contributed by atoms with Gasteiger partial charge in [0.2, 0.25) is 0 Å². The second kappa shape index (κ2) is 5.08. The number of nitrogens with zero attached hydrogens (tertiary/aromatic N) is 4. The molecule has 0 saturated carbocycles. The van der Waals surface area contributed by atoms with Crippen molar-refractivity contribution in [2.75, 3.05) is 11.5 Å². The number of rotatable bonds is 2. The van der Waals surface area contributed by atoms with Gasteiger partial charge in [-0.05, 0) is 6.07 Å². The van der Waals surface area contributed by atoms with E-state index in [9.17, 15) is 0 Å².